The van der Waals surface area contributed by atoms with Crippen LogP contribution in [-0.2, 0) is 6.42 Å². The number of allylic oxidation sites excluding steroid dienone is 4. The minimum Gasteiger partial charge on any atom is -0.380 e. The summed E-state index contributed by atoms with van der Waals surface area (Å²) in [5.74, 6) is 0.961. The first-order valence-electron chi connectivity index (χ1n) is 10.3. The van der Waals surface area contributed by atoms with Crippen LogP contribution in [0.15, 0.2) is 72.7 Å². The van der Waals surface area contributed by atoms with E-state index >= 15 is 0 Å². The molecule has 3 atom stereocenters. The Hall–Kier alpha value is -2.88. The number of fused-ring (bicyclic) bond motifs is 1. The van der Waals surface area contributed by atoms with Gasteiger partial charge in [0.15, 0.2) is 0 Å². The highest BCUT2D eigenvalue weighted by atomic mass is 19.1. The number of nitrogens with one attached hydrogen (secondary N) is 2. The number of rotatable bonds is 7. The lowest BCUT2D eigenvalue weighted by Gasteiger charge is -2.18. The van der Waals surface area contributed by atoms with E-state index in [4.69, 9.17) is 0 Å². The highest BCUT2D eigenvalue weighted by Gasteiger charge is 2.42. The number of alkyl halides is 1. The topological polar surface area (TPSA) is 37.0 Å². The van der Waals surface area contributed by atoms with E-state index in [9.17, 15) is 4.39 Å². The zero-order chi connectivity index (χ0) is 20.2. The zero-order valence-corrected chi connectivity index (χ0v) is 16.9. The lowest BCUT2D eigenvalue weighted by molar-refractivity contribution is 0.563. The summed E-state index contributed by atoms with van der Waals surface area (Å²) in [6.45, 7) is 5.95. The molecule has 2 N–H and O–H groups in total. The van der Waals surface area contributed by atoms with Crippen LogP contribution in [0.5, 0.6) is 0 Å². The summed E-state index contributed by atoms with van der Waals surface area (Å²) < 4.78 is 12.2. The van der Waals surface area contributed by atoms with Gasteiger partial charge < -0.3 is 10.6 Å². The molecule has 0 saturated heterocycles. The molecule has 1 aliphatic heterocycles. The van der Waals surface area contributed by atoms with E-state index < -0.39 is 6.67 Å². The highest BCUT2D eigenvalue weighted by Crippen LogP contribution is 2.48. The van der Waals surface area contributed by atoms with Gasteiger partial charge in [0.2, 0.25) is 0 Å². The molecule has 4 heteroatoms. The monoisotopic (exact) mass is 389 g/mol. The average Bonchev–Trinajstić information content (AvgIpc) is 3.55. The van der Waals surface area contributed by atoms with E-state index in [0.717, 1.165) is 36.2 Å². The van der Waals surface area contributed by atoms with Gasteiger partial charge in [-0.05, 0) is 49.4 Å². The van der Waals surface area contributed by atoms with Gasteiger partial charge in [0.05, 0.1) is 11.7 Å². The minimum atomic E-state index is -0.459. The molecule has 3 nitrogen and oxygen atoms in total. The van der Waals surface area contributed by atoms with Crippen molar-refractivity contribution in [1.29, 1.82) is 0 Å². The van der Waals surface area contributed by atoms with Crippen LogP contribution in [0.3, 0.4) is 0 Å². The van der Waals surface area contributed by atoms with Crippen molar-refractivity contribution in [3.05, 3.63) is 89.5 Å². The summed E-state index contributed by atoms with van der Waals surface area (Å²) in [5.41, 5.74) is 6.90. The van der Waals surface area contributed by atoms with E-state index in [1.165, 1.54) is 23.0 Å². The SMILES string of the molecule is C=C(NC(C)c1ccc(/C=C/CF)cn1)[C@@H]1C[C@H]1C1=CCCc2ccccc2N1. The first kappa shape index (κ1) is 19.4. The second-order valence-electron chi connectivity index (χ2n) is 7.89. The van der Waals surface area contributed by atoms with Crippen molar-refractivity contribution in [3.8, 4) is 0 Å². The number of hydrogen-bond acceptors (Lipinski definition) is 3. The molecule has 2 aromatic rings. The van der Waals surface area contributed by atoms with E-state index in [2.05, 4.69) is 59.5 Å². The molecule has 1 saturated carbocycles. The van der Waals surface area contributed by atoms with Crippen LogP contribution in [0, 0.1) is 11.8 Å². The van der Waals surface area contributed by atoms with Gasteiger partial charge in [-0.25, -0.2) is 4.39 Å². The maximum absolute atomic E-state index is 12.2. The van der Waals surface area contributed by atoms with Crippen molar-refractivity contribution in [3.63, 3.8) is 0 Å². The predicted octanol–water partition coefficient (Wildman–Crippen LogP) is 5.81. The molecular formula is C25H28FN3. The van der Waals surface area contributed by atoms with Crippen LogP contribution >= 0.6 is 0 Å². The molecule has 1 aromatic carbocycles. The Morgan fingerprint density at radius 1 is 1.34 bits per heavy atom. The smallest absolute Gasteiger partial charge is 0.108 e. The first-order chi connectivity index (χ1) is 14.2. The predicted molar refractivity (Wildman–Crippen MR) is 118 cm³/mol. The van der Waals surface area contributed by atoms with Crippen molar-refractivity contribution in [1.82, 2.24) is 10.3 Å². The quantitative estimate of drug-likeness (QED) is 0.628. The van der Waals surface area contributed by atoms with Gasteiger partial charge in [-0.3, -0.25) is 4.98 Å². The van der Waals surface area contributed by atoms with Crippen molar-refractivity contribution < 1.29 is 4.39 Å². The van der Waals surface area contributed by atoms with Gasteiger partial charge in [-0.2, -0.15) is 0 Å². The third kappa shape index (κ3) is 4.58. The van der Waals surface area contributed by atoms with Crippen molar-refractivity contribution in [2.24, 2.45) is 11.8 Å². The molecule has 2 aliphatic rings. The number of benzene rings is 1. The fourth-order valence-corrected chi connectivity index (χ4v) is 4.03. The normalized spacial score (nSPS) is 21.5. The van der Waals surface area contributed by atoms with Gasteiger partial charge in [-0.15, -0.1) is 0 Å². The molecule has 29 heavy (non-hydrogen) atoms. The Morgan fingerprint density at radius 3 is 3.00 bits per heavy atom. The average molecular weight is 390 g/mol. The number of anilines is 1. The molecule has 1 fully saturated rings. The van der Waals surface area contributed by atoms with Crippen molar-refractivity contribution in [2.45, 2.75) is 32.2 Å². The summed E-state index contributed by atoms with van der Waals surface area (Å²) in [5, 5.41) is 7.20. The number of aromatic nitrogens is 1. The van der Waals surface area contributed by atoms with Gasteiger partial charge in [-0.1, -0.05) is 49.1 Å². The van der Waals surface area contributed by atoms with E-state index in [1.807, 2.05) is 12.1 Å². The summed E-state index contributed by atoms with van der Waals surface area (Å²) in [6.07, 6.45) is 10.7. The molecule has 1 unspecified atom stereocenters. The lowest BCUT2D eigenvalue weighted by atomic mass is 10.1. The Balaban J connectivity index is 1.34. The number of para-hydroxylation sites is 1. The van der Waals surface area contributed by atoms with Gasteiger partial charge in [0.25, 0.3) is 0 Å². The molecular weight excluding hydrogens is 361 g/mol. The number of halogens is 1. The molecule has 0 spiro atoms. The minimum absolute atomic E-state index is 0.0831. The number of nitrogens with zero attached hydrogens (tertiary/aromatic N) is 1. The second-order valence-corrected chi connectivity index (χ2v) is 7.89. The highest BCUT2D eigenvalue weighted by molar-refractivity contribution is 5.57. The second kappa shape index (κ2) is 8.64. The van der Waals surface area contributed by atoms with Gasteiger partial charge in [0.1, 0.15) is 6.67 Å². The van der Waals surface area contributed by atoms with Gasteiger partial charge >= 0.3 is 0 Å². The molecule has 0 bridgehead atoms. The van der Waals surface area contributed by atoms with Crippen molar-refractivity contribution >= 4 is 11.8 Å². The van der Waals surface area contributed by atoms with Crippen molar-refractivity contribution in [2.75, 3.05) is 12.0 Å². The zero-order valence-electron chi connectivity index (χ0n) is 16.9. The first-order valence-corrected chi connectivity index (χ1v) is 10.3. The fourth-order valence-electron chi connectivity index (χ4n) is 4.03. The molecule has 0 radical (unpaired) electrons. The fraction of sp³-hybridized carbons (Fsp3) is 0.320. The molecule has 1 aliphatic carbocycles. The Bertz CT molecular complexity index is 929. The van der Waals surface area contributed by atoms with Crippen LogP contribution < -0.4 is 10.6 Å². The maximum Gasteiger partial charge on any atom is 0.108 e. The van der Waals surface area contributed by atoms with E-state index in [-0.39, 0.29) is 6.04 Å². The van der Waals surface area contributed by atoms with E-state index in [1.54, 1.807) is 12.3 Å². The standard InChI is InChI=1S/C25H28FN3/c1-17(28-18(2)23-13-12-19(16-27-23)7-6-14-26)21-15-22(21)25-11-5-9-20-8-3-4-10-24(20)29-25/h3-4,6-8,10-13,16,18,21-22,28-29H,1,5,9,14-15H2,2H3/b7-6+/t18?,21-,22+/m0/s1. The number of pyridine rings is 1. The number of aryl methyl sites for hydroxylation is 1. The molecule has 2 heterocycles. The van der Waals surface area contributed by atoms with Crippen LogP contribution in [0.25, 0.3) is 6.08 Å². The maximum atomic E-state index is 12.2. The third-order valence-corrected chi connectivity index (χ3v) is 5.77. The van der Waals surface area contributed by atoms with Crippen LogP contribution in [-0.4, -0.2) is 11.7 Å². The summed E-state index contributed by atoms with van der Waals surface area (Å²) in [6, 6.07) is 12.6. The summed E-state index contributed by atoms with van der Waals surface area (Å²) in [4.78, 5) is 4.51. The molecule has 4 rings (SSSR count). The van der Waals surface area contributed by atoms with Crippen LogP contribution in [0.1, 0.15) is 42.6 Å². The lowest BCUT2D eigenvalue weighted by Crippen LogP contribution is -2.20. The summed E-state index contributed by atoms with van der Waals surface area (Å²) >= 11 is 0. The Labute approximate surface area is 172 Å². The Kier molecular flexibility index (Phi) is 5.79. The molecule has 1 aromatic heterocycles. The largest absolute Gasteiger partial charge is 0.380 e. The number of hydrogen-bond donors (Lipinski definition) is 2. The van der Waals surface area contributed by atoms with E-state index in [0.29, 0.717) is 11.8 Å². The van der Waals surface area contributed by atoms with Gasteiger partial charge in [0, 0.05) is 35.1 Å². The third-order valence-electron chi connectivity index (χ3n) is 5.77. The molecule has 0 amide bonds. The van der Waals surface area contributed by atoms with Crippen LogP contribution in [0.2, 0.25) is 0 Å². The summed E-state index contributed by atoms with van der Waals surface area (Å²) in [7, 11) is 0. The Morgan fingerprint density at radius 2 is 2.21 bits per heavy atom. The van der Waals surface area contributed by atoms with Crippen LogP contribution in [0.4, 0.5) is 10.1 Å². The molecule has 150 valence electrons.